The maximum atomic E-state index is 10.8. The second-order valence-electron chi connectivity index (χ2n) is 2.06. The summed E-state index contributed by atoms with van der Waals surface area (Å²) in [7, 11) is 1.29. The van der Waals surface area contributed by atoms with E-state index in [4.69, 9.17) is 0 Å². The molecule has 0 fully saturated rings. The van der Waals surface area contributed by atoms with Crippen molar-refractivity contribution in [2.75, 3.05) is 7.11 Å². The van der Waals surface area contributed by atoms with E-state index >= 15 is 0 Å². The number of hydrogen-bond donors (Lipinski definition) is 0. The zero-order chi connectivity index (χ0) is 8.97. The second-order valence-corrected chi connectivity index (χ2v) is 2.06. The number of aromatic nitrogens is 4. The van der Waals surface area contributed by atoms with Gasteiger partial charge in [-0.05, 0) is 5.21 Å². The van der Waals surface area contributed by atoms with Gasteiger partial charge in [-0.25, -0.2) is 4.79 Å². The predicted octanol–water partition coefficient (Wildman–Crippen LogP) is -0.598. The summed E-state index contributed by atoms with van der Waals surface area (Å²) in [6.45, 7) is 3.70. The van der Waals surface area contributed by atoms with E-state index < -0.39 is 5.97 Å². The van der Waals surface area contributed by atoms with Crippen LogP contribution >= 0.6 is 0 Å². The van der Waals surface area contributed by atoms with Crippen molar-refractivity contribution in [1.29, 1.82) is 0 Å². The van der Waals surface area contributed by atoms with Gasteiger partial charge < -0.3 is 4.74 Å². The number of hydrogen-bond acceptors (Lipinski definition) is 5. The second kappa shape index (κ2) is 3.61. The molecule has 0 saturated heterocycles. The molecule has 1 aromatic heterocycles. The van der Waals surface area contributed by atoms with Crippen molar-refractivity contribution in [3.05, 3.63) is 18.5 Å². The van der Waals surface area contributed by atoms with Crippen molar-refractivity contribution >= 4 is 5.97 Å². The summed E-state index contributed by atoms with van der Waals surface area (Å²) in [5, 5.41) is 10.7. The van der Waals surface area contributed by atoms with Gasteiger partial charge in [0, 0.05) is 0 Å². The first kappa shape index (κ1) is 8.38. The highest BCUT2D eigenvalue weighted by molar-refractivity contribution is 5.87. The Morgan fingerprint density at radius 2 is 2.50 bits per heavy atom. The Morgan fingerprint density at radius 1 is 1.75 bits per heavy atom. The number of carbonyl (C=O) groups is 1. The lowest BCUT2D eigenvalue weighted by atomic mass is 10.3. The number of nitrogens with zero attached hydrogens (tertiary/aromatic N) is 4. The van der Waals surface area contributed by atoms with Gasteiger partial charge in [0.1, 0.15) is 0 Å². The molecule has 0 saturated carbocycles. The van der Waals surface area contributed by atoms with Gasteiger partial charge in [-0.1, -0.05) is 6.58 Å². The van der Waals surface area contributed by atoms with Gasteiger partial charge in [-0.3, -0.25) is 0 Å². The molecule has 0 aliphatic heterocycles. The van der Waals surface area contributed by atoms with E-state index in [1.165, 1.54) is 18.2 Å². The fourth-order valence-corrected chi connectivity index (χ4v) is 0.641. The molecule has 64 valence electrons. The number of ether oxygens (including phenoxy) is 1. The molecule has 0 bridgehead atoms. The molecule has 12 heavy (non-hydrogen) atoms. The summed E-state index contributed by atoms with van der Waals surface area (Å²) in [5.41, 5.74) is 0.288. The van der Waals surface area contributed by atoms with Gasteiger partial charge in [0.05, 0.1) is 19.2 Å². The van der Waals surface area contributed by atoms with Crippen molar-refractivity contribution in [3.63, 3.8) is 0 Å². The molecular weight excluding hydrogens is 160 g/mol. The van der Waals surface area contributed by atoms with Gasteiger partial charge >= 0.3 is 5.97 Å². The van der Waals surface area contributed by atoms with Crippen molar-refractivity contribution in [1.82, 2.24) is 20.2 Å². The van der Waals surface area contributed by atoms with Gasteiger partial charge in [-0.2, -0.15) is 4.80 Å². The first-order valence-corrected chi connectivity index (χ1v) is 3.21. The Morgan fingerprint density at radius 3 is 3.00 bits per heavy atom. The van der Waals surface area contributed by atoms with E-state index in [0.29, 0.717) is 0 Å². The van der Waals surface area contributed by atoms with E-state index in [9.17, 15) is 4.79 Å². The summed E-state index contributed by atoms with van der Waals surface area (Å²) < 4.78 is 4.43. The lowest BCUT2D eigenvalue weighted by Gasteiger charge is -2.00. The molecule has 1 aromatic rings. The average molecular weight is 168 g/mol. The highest BCUT2D eigenvalue weighted by Crippen LogP contribution is 1.95. The third-order valence-electron chi connectivity index (χ3n) is 1.20. The van der Waals surface area contributed by atoms with Crippen molar-refractivity contribution in [3.8, 4) is 0 Å². The molecule has 0 spiro atoms. The zero-order valence-corrected chi connectivity index (χ0v) is 6.60. The van der Waals surface area contributed by atoms with Crippen LogP contribution in [0.4, 0.5) is 0 Å². The van der Waals surface area contributed by atoms with E-state index in [0.717, 1.165) is 0 Å². The minimum Gasteiger partial charge on any atom is -0.466 e. The highest BCUT2D eigenvalue weighted by Gasteiger charge is 2.07. The van der Waals surface area contributed by atoms with Crippen LogP contribution in [0.25, 0.3) is 0 Å². The summed E-state index contributed by atoms with van der Waals surface area (Å²) in [5.74, 6) is -0.465. The number of rotatable bonds is 3. The van der Waals surface area contributed by atoms with Crippen molar-refractivity contribution in [2.45, 2.75) is 6.54 Å². The maximum absolute atomic E-state index is 10.8. The Bertz CT molecular complexity index is 280. The number of tetrazole rings is 1. The highest BCUT2D eigenvalue weighted by atomic mass is 16.5. The summed E-state index contributed by atoms with van der Waals surface area (Å²) in [4.78, 5) is 12.1. The molecule has 0 amide bonds. The Balaban J connectivity index is 2.53. The van der Waals surface area contributed by atoms with E-state index in [2.05, 4.69) is 26.7 Å². The number of carbonyl (C=O) groups excluding carboxylic acids is 1. The minimum absolute atomic E-state index is 0.201. The molecule has 0 atom stereocenters. The first-order chi connectivity index (χ1) is 5.74. The predicted molar refractivity (Wildman–Crippen MR) is 39.0 cm³/mol. The molecule has 0 N–H and O–H groups in total. The standard InChI is InChI=1S/C6H8N4O2/c1-5(6(11)12-2)3-10-8-4-7-9-10/h4H,1,3H2,2H3. The largest absolute Gasteiger partial charge is 0.466 e. The molecule has 0 aliphatic carbocycles. The Hall–Kier alpha value is -1.72. The lowest BCUT2D eigenvalue weighted by molar-refractivity contribution is -0.136. The van der Waals surface area contributed by atoms with Crippen molar-refractivity contribution < 1.29 is 9.53 Å². The fourth-order valence-electron chi connectivity index (χ4n) is 0.641. The van der Waals surface area contributed by atoms with Crippen LogP contribution in [0.3, 0.4) is 0 Å². The van der Waals surface area contributed by atoms with E-state index in [1.54, 1.807) is 0 Å². The topological polar surface area (TPSA) is 69.9 Å². The van der Waals surface area contributed by atoms with Gasteiger partial charge in [0.25, 0.3) is 0 Å². The van der Waals surface area contributed by atoms with Crippen molar-refractivity contribution in [2.24, 2.45) is 0 Å². The molecule has 0 radical (unpaired) electrons. The minimum atomic E-state index is -0.465. The van der Waals surface area contributed by atoms with Crippen LogP contribution in [-0.2, 0) is 16.1 Å². The van der Waals surface area contributed by atoms with Crippen LogP contribution in [-0.4, -0.2) is 33.3 Å². The molecule has 0 aliphatic rings. The maximum Gasteiger partial charge on any atom is 0.335 e. The average Bonchev–Trinajstić information content (AvgIpc) is 2.55. The monoisotopic (exact) mass is 168 g/mol. The quantitative estimate of drug-likeness (QED) is 0.445. The van der Waals surface area contributed by atoms with Gasteiger partial charge in [0.15, 0.2) is 6.33 Å². The summed E-state index contributed by atoms with van der Waals surface area (Å²) in [6, 6.07) is 0. The molecule has 0 aromatic carbocycles. The first-order valence-electron chi connectivity index (χ1n) is 3.21. The number of esters is 1. The summed E-state index contributed by atoms with van der Waals surface area (Å²) in [6.07, 6.45) is 1.28. The summed E-state index contributed by atoms with van der Waals surface area (Å²) >= 11 is 0. The van der Waals surface area contributed by atoms with Crippen LogP contribution in [0.15, 0.2) is 18.5 Å². The molecule has 1 rings (SSSR count). The lowest BCUT2D eigenvalue weighted by Crippen LogP contribution is -2.12. The molecular formula is C6H8N4O2. The van der Waals surface area contributed by atoms with Crippen LogP contribution in [0, 0.1) is 0 Å². The molecule has 6 nitrogen and oxygen atoms in total. The van der Waals surface area contributed by atoms with Crippen LogP contribution < -0.4 is 0 Å². The molecule has 1 heterocycles. The normalized spacial score (nSPS) is 9.42. The molecule has 0 unspecified atom stereocenters. The smallest absolute Gasteiger partial charge is 0.335 e. The fraction of sp³-hybridized carbons (Fsp3) is 0.333. The Labute approximate surface area is 68.8 Å². The third-order valence-corrected chi connectivity index (χ3v) is 1.20. The van der Waals surface area contributed by atoms with Crippen LogP contribution in [0.1, 0.15) is 0 Å². The van der Waals surface area contributed by atoms with Crippen LogP contribution in [0.5, 0.6) is 0 Å². The van der Waals surface area contributed by atoms with Crippen LogP contribution in [0.2, 0.25) is 0 Å². The molecule has 6 heteroatoms. The van der Waals surface area contributed by atoms with Gasteiger partial charge in [-0.15, -0.1) is 10.2 Å². The van der Waals surface area contributed by atoms with Gasteiger partial charge in [0.2, 0.25) is 0 Å². The third kappa shape index (κ3) is 1.88. The van der Waals surface area contributed by atoms with E-state index in [-0.39, 0.29) is 12.1 Å². The zero-order valence-electron chi connectivity index (χ0n) is 6.60. The number of methoxy groups -OCH3 is 1. The Kier molecular flexibility index (Phi) is 2.52. The SMILES string of the molecule is C=C(Cn1ncnn1)C(=O)OC. The van der Waals surface area contributed by atoms with E-state index in [1.807, 2.05) is 0 Å².